The smallest absolute Gasteiger partial charge is 0.0897 e. The molecular formula is C11H18N2S. The number of rotatable bonds is 3. The minimum Gasteiger partial charge on any atom is -0.312 e. The molecule has 1 unspecified atom stereocenters. The van der Waals surface area contributed by atoms with Crippen molar-refractivity contribution in [3.8, 4) is 0 Å². The van der Waals surface area contributed by atoms with Crippen LogP contribution < -0.4 is 5.32 Å². The van der Waals surface area contributed by atoms with Crippen LogP contribution in [0.3, 0.4) is 0 Å². The van der Waals surface area contributed by atoms with Gasteiger partial charge in [-0.05, 0) is 32.7 Å². The first-order valence-corrected chi connectivity index (χ1v) is 6.22. The molecule has 0 bridgehead atoms. The van der Waals surface area contributed by atoms with Crippen molar-refractivity contribution in [1.82, 2.24) is 10.3 Å². The molecule has 0 spiro atoms. The standard InChI is InChI=1S/C11H18N2S/c1-8-13-7-10(14-8)11(12-2)9-5-3-4-6-9/h7,9,11-12H,3-6H2,1-2H3. The quantitative estimate of drug-likeness (QED) is 0.829. The lowest BCUT2D eigenvalue weighted by Gasteiger charge is -2.20. The highest BCUT2D eigenvalue weighted by molar-refractivity contribution is 7.11. The number of aromatic nitrogens is 1. The second-order valence-electron chi connectivity index (χ2n) is 4.09. The molecule has 78 valence electrons. The Bertz CT molecular complexity index is 289. The van der Waals surface area contributed by atoms with E-state index in [0.717, 1.165) is 5.92 Å². The first-order chi connectivity index (χ1) is 6.81. The average Bonchev–Trinajstić information content (AvgIpc) is 2.79. The summed E-state index contributed by atoms with van der Waals surface area (Å²) in [7, 11) is 2.07. The lowest BCUT2D eigenvalue weighted by Crippen LogP contribution is -2.22. The summed E-state index contributed by atoms with van der Waals surface area (Å²) in [6.45, 7) is 2.08. The summed E-state index contributed by atoms with van der Waals surface area (Å²) in [5.74, 6) is 0.833. The largest absolute Gasteiger partial charge is 0.312 e. The van der Waals surface area contributed by atoms with Crippen LogP contribution in [0.5, 0.6) is 0 Å². The van der Waals surface area contributed by atoms with E-state index in [-0.39, 0.29) is 0 Å². The molecule has 2 rings (SSSR count). The zero-order valence-corrected chi connectivity index (χ0v) is 9.73. The molecule has 0 aliphatic heterocycles. The zero-order chi connectivity index (χ0) is 9.97. The van der Waals surface area contributed by atoms with Gasteiger partial charge in [0.2, 0.25) is 0 Å². The molecule has 1 saturated carbocycles. The predicted molar refractivity (Wildman–Crippen MR) is 60.6 cm³/mol. The van der Waals surface area contributed by atoms with Gasteiger partial charge in [-0.3, -0.25) is 0 Å². The van der Waals surface area contributed by atoms with E-state index in [1.165, 1.54) is 35.6 Å². The van der Waals surface area contributed by atoms with Crippen LogP contribution in [0, 0.1) is 12.8 Å². The third-order valence-electron chi connectivity index (χ3n) is 3.13. The molecule has 14 heavy (non-hydrogen) atoms. The summed E-state index contributed by atoms with van der Waals surface area (Å²) >= 11 is 1.83. The van der Waals surface area contributed by atoms with Crippen molar-refractivity contribution >= 4 is 11.3 Å². The Kier molecular flexibility index (Phi) is 3.19. The minimum absolute atomic E-state index is 0.545. The summed E-state index contributed by atoms with van der Waals surface area (Å²) in [6, 6.07) is 0.545. The van der Waals surface area contributed by atoms with Crippen LogP contribution in [0.25, 0.3) is 0 Å². The van der Waals surface area contributed by atoms with Crippen molar-refractivity contribution < 1.29 is 0 Å². The molecule has 1 aliphatic rings. The van der Waals surface area contributed by atoms with Crippen molar-refractivity contribution in [3.05, 3.63) is 16.1 Å². The molecule has 3 heteroatoms. The first kappa shape index (κ1) is 10.1. The maximum atomic E-state index is 4.34. The number of aryl methyl sites for hydroxylation is 1. The third-order valence-corrected chi connectivity index (χ3v) is 4.12. The molecule has 1 aliphatic carbocycles. The second kappa shape index (κ2) is 4.41. The molecule has 1 heterocycles. The Morgan fingerprint density at radius 1 is 1.50 bits per heavy atom. The van der Waals surface area contributed by atoms with Gasteiger partial charge in [0.15, 0.2) is 0 Å². The fourth-order valence-electron chi connectivity index (χ4n) is 2.42. The van der Waals surface area contributed by atoms with Crippen LogP contribution in [0.1, 0.15) is 41.6 Å². The second-order valence-corrected chi connectivity index (χ2v) is 5.36. The number of hydrogen-bond donors (Lipinski definition) is 1. The van der Waals surface area contributed by atoms with E-state index in [1.54, 1.807) is 0 Å². The van der Waals surface area contributed by atoms with Crippen LogP contribution in [0.15, 0.2) is 6.20 Å². The molecule has 1 fully saturated rings. The lowest BCUT2D eigenvalue weighted by molar-refractivity contribution is 0.395. The molecule has 1 aromatic rings. The van der Waals surface area contributed by atoms with Crippen LogP contribution >= 0.6 is 11.3 Å². The van der Waals surface area contributed by atoms with E-state index in [1.807, 2.05) is 17.5 Å². The number of nitrogens with zero attached hydrogens (tertiary/aromatic N) is 1. The fraction of sp³-hybridized carbons (Fsp3) is 0.727. The predicted octanol–water partition coefficient (Wildman–Crippen LogP) is 2.90. The highest BCUT2D eigenvalue weighted by Gasteiger charge is 2.26. The third kappa shape index (κ3) is 1.98. The van der Waals surface area contributed by atoms with Crippen molar-refractivity contribution in [1.29, 1.82) is 0 Å². The summed E-state index contributed by atoms with van der Waals surface area (Å²) in [6.07, 6.45) is 7.60. The van der Waals surface area contributed by atoms with Crippen molar-refractivity contribution in [2.24, 2.45) is 5.92 Å². The number of nitrogens with one attached hydrogen (secondary N) is 1. The van der Waals surface area contributed by atoms with Gasteiger partial charge in [-0.2, -0.15) is 0 Å². The molecular weight excluding hydrogens is 192 g/mol. The van der Waals surface area contributed by atoms with Crippen molar-refractivity contribution in [3.63, 3.8) is 0 Å². The van der Waals surface area contributed by atoms with Crippen LogP contribution in [-0.2, 0) is 0 Å². The molecule has 0 saturated heterocycles. The molecule has 1 aromatic heterocycles. The van der Waals surface area contributed by atoms with Gasteiger partial charge >= 0.3 is 0 Å². The van der Waals surface area contributed by atoms with Gasteiger partial charge in [0.05, 0.1) is 5.01 Å². The van der Waals surface area contributed by atoms with Crippen molar-refractivity contribution in [2.75, 3.05) is 7.05 Å². The van der Waals surface area contributed by atoms with Gasteiger partial charge in [0.25, 0.3) is 0 Å². The van der Waals surface area contributed by atoms with Crippen molar-refractivity contribution in [2.45, 2.75) is 38.6 Å². The summed E-state index contributed by atoms with van der Waals surface area (Å²) in [4.78, 5) is 5.75. The SMILES string of the molecule is CNC(c1cnc(C)s1)C1CCCC1. The average molecular weight is 210 g/mol. The molecule has 1 atom stereocenters. The summed E-state index contributed by atoms with van der Waals surface area (Å²) in [5.41, 5.74) is 0. The van der Waals surface area contributed by atoms with Crippen LogP contribution in [0.2, 0.25) is 0 Å². The van der Waals surface area contributed by atoms with Gasteiger partial charge in [-0.25, -0.2) is 4.98 Å². The highest BCUT2D eigenvalue weighted by Crippen LogP contribution is 2.37. The van der Waals surface area contributed by atoms with Gasteiger partial charge in [0.1, 0.15) is 0 Å². The monoisotopic (exact) mass is 210 g/mol. The molecule has 2 nitrogen and oxygen atoms in total. The van der Waals surface area contributed by atoms with Gasteiger partial charge < -0.3 is 5.32 Å². The minimum atomic E-state index is 0.545. The first-order valence-electron chi connectivity index (χ1n) is 5.41. The summed E-state index contributed by atoms with van der Waals surface area (Å²) < 4.78 is 0. The van der Waals surface area contributed by atoms with E-state index in [0.29, 0.717) is 6.04 Å². The van der Waals surface area contributed by atoms with Gasteiger partial charge in [0, 0.05) is 17.1 Å². The van der Waals surface area contributed by atoms with E-state index < -0.39 is 0 Å². The Balaban J connectivity index is 2.12. The number of thiazole rings is 1. The topological polar surface area (TPSA) is 24.9 Å². The van der Waals surface area contributed by atoms with Crippen LogP contribution in [-0.4, -0.2) is 12.0 Å². The molecule has 0 radical (unpaired) electrons. The number of hydrogen-bond acceptors (Lipinski definition) is 3. The Morgan fingerprint density at radius 2 is 2.21 bits per heavy atom. The van der Waals surface area contributed by atoms with E-state index >= 15 is 0 Å². The molecule has 0 amide bonds. The normalized spacial score (nSPS) is 20.1. The Morgan fingerprint density at radius 3 is 2.71 bits per heavy atom. The molecule has 1 N–H and O–H groups in total. The van der Waals surface area contributed by atoms with Gasteiger partial charge in [-0.1, -0.05) is 12.8 Å². The summed E-state index contributed by atoms with van der Waals surface area (Å²) in [5, 5.41) is 4.62. The van der Waals surface area contributed by atoms with E-state index in [2.05, 4.69) is 24.3 Å². The Hall–Kier alpha value is -0.410. The maximum Gasteiger partial charge on any atom is 0.0897 e. The Labute approximate surface area is 89.8 Å². The van der Waals surface area contributed by atoms with E-state index in [9.17, 15) is 0 Å². The van der Waals surface area contributed by atoms with Crippen LogP contribution in [0.4, 0.5) is 0 Å². The van der Waals surface area contributed by atoms with Gasteiger partial charge in [-0.15, -0.1) is 11.3 Å². The highest BCUT2D eigenvalue weighted by atomic mass is 32.1. The zero-order valence-electron chi connectivity index (χ0n) is 8.92. The molecule has 0 aromatic carbocycles. The van der Waals surface area contributed by atoms with E-state index in [4.69, 9.17) is 0 Å². The lowest BCUT2D eigenvalue weighted by atomic mass is 9.97. The maximum absolute atomic E-state index is 4.34. The fourth-order valence-corrected chi connectivity index (χ4v) is 3.41.